The first-order valence-electron chi connectivity index (χ1n) is 17.6. The predicted molar refractivity (Wildman–Crippen MR) is 206 cm³/mol. The third-order valence-electron chi connectivity index (χ3n) is 9.33. The minimum atomic E-state index is -0.649. The third-order valence-corrected chi connectivity index (χ3v) is 9.33. The van der Waals surface area contributed by atoms with Gasteiger partial charge in [0.05, 0.1) is 42.0 Å². The van der Waals surface area contributed by atoms with Gasteiger partial charge in [0.2, 0.25) is 0 Å². The van der Waals surface area contributed by atoms with Crippen molar-refractivity contribution in [2.24, 2.45) is 0 Å². The number of carbonyl (C=O) groups excluding carboxylic acids is 2. The summed E-state index contributed by atoms with van der Waals surface area (Å²) in [7, 11) is 2.04. The molecule has 280 valence electrons. The van der Waals surface area contributed by atoms with Gasteiger partial charge in [0.15, 0.2) is 0 Å². The van der Waals surface area contributed by atoms with Crippen LogP contribution in [0.25, 0.3) is 0 Å². The van der Waals surface area contributed by atoms with Crippen LogP contribution in [0.3, 0.4) is 0 Å². The fraction of sp³-hybridized carbons (Fsp3) is 0.366. The molecule has 0 radical (unpaired) electrons. The number of nitro benzene ring substituents is 2. The normalized spacial score (nSPS) is 14.5. The standard InChI is InChI=1S/C41H48N4O8/c1-8-52-38(46)24-28-15-17-35(42-27-30-20-31(44(48)49)26-32(21-30)45(50)51)33(22-28)40(3,4)19-13-11-10-12-14-37-41(5,6)34-23-29(25-39(47)53-9-2)16-18-36(34)43(37)7/h10-18,20-23,26,42H,8-9,19,24-25,27H2,1-7H3/b12-10+,13-11+,37-14+. The summed E-state index contributed by atoms with van der Waals surface area (Å²) in [5.41, 5.74) is 5.67. The predicted octanol–water partition coefficient (Wildman–Crippen LogP) is 8.42. The first-order valence-corrected chi connectivity index (χ1v) is 17.6. The summed E-state index contributed by atoms with van der Waals surface area (Å²) in [6, 6.07) is 15.3. The van der Waals surface area contributed by atoms with Crippen LogP contribution >= 0.6 is 0 Å². The molecule has 0 saturated heterocycles. The number of hydrogen-bond donors (Lipinski definition) is 1. The van der Waals surface area contributed by atoms with Crippen LogP contribution in [-0.2, 0) is 49.3 Å². The van der Waals surface area contributed by atoms with Crippen molar-refractivity contribution in [1.82, 2.24) is 0 Å². The number of fused-ring (bicyclic) bond motifs is 1. The average Bonchev–Trinajstić information content (AvgIpc) is 3.28. The van der Waals surface area contributed by atoms with Gasteiger partial charge in [-0.3, -0.25) is 29.8 Å². The summed E-state index contributed by atoms with van der Waals surface area (Å²) in [4.78, 5) is 48.2. The third kappa shape index (κ3) is 9.97. The Kier molecular flexibility index (Phi) is 12.9. The van der Waals surface area contributed by atoms with E-state index in [4.69, 9.17) is 9.47 Å². The van der Waals surface area contributed by atoms with Gasteiger partial charge >= 0.3 is 11.9 Å². The molecule has 0 bridgehead atoms. The molecule has 0 unspecified atom stereocenters. The monoisotopic (exact) mass is 724 g/mol. The fourth-order valence-electron chi connectivity index (χ4n) is 6.59. The van der Waals surface area contributed by atoms with Crippen molar-refractivity contribution in [3.05, 3.63) is 139 Å². The van der Waals surface area contributed by atoms with E-state index in [1.54, 1.807) is 13.8 Å². The lowest BCUT2D eigenvalue weighted by molar-refractivity contribution is -0.394. The lowest BCUT2D eigenvalue weighted by Crippen LogP contribution is -2.22. The van der Waals surface area contributed by atoms with Gasteiger partial charge in [0, 0.05) is 48.2 Å². The highest BCUT2D eigenvalue weighted by atomic mass is 16.6. The van der Waals surface area contributed by atoms with E-state index in [0.29, 0.717) is 18.6 Å². The molecule has 0 atom stereocenters. The molecule has 0 amide bonds. The number of esters is 2. The summed E-state index contributed by atoms with van der Waals surface area (Å²) >= 11 is 0. The minimum absolute atomic E-state index is 0.100. The number of carbonyl (C=O) groups is 2. The molecule has 53 heavy (non-hydrogen) atoms. The Morgan fingerprint density at radius 1 is 0.830 bits per heavy atom. The zero-order valence-corrected chi connectivity index (χ0v) is 31.4. The van der Waals surface area contributed by atoms with E-state index < -0.39 is 15.3 Å². The van der Waals surface area contributed by atoms with Crippen molar-refractivity contribution in [3.8, 4) is 0 Å². The van der Waals surface area contributed by atoms with Gasteiger partial charge < -0.3 is 19.7 Å². The number of non-ortho nitro benzene ring substituents is 2. The van der Waals surface area contributed by atoms with Crippen molar-refractivity contribution in [3.63, 3.8) is 0 Å². The molecule has 0 aromatic heterocycles. The molecule has 1 aliphatic rings. The summed E-state index contributed by atoms with van der Waals surface area (Å²) in [6.07, 6.45) is 11.1. The Bertz CT molecular complexity index is 1930. The Hall–Kier alpha value is -5.78. The number of nitro groups is 2. The molecule has 1 aliphatic heterocycles. The number of ether oxygens (including phenoxy) is 2. The molecular weight excluding hydrogens is 676 g/mol. The molecule has 4 rings (SSSR count). The van der Waals surface area contributed by atoms with Crippen molar-refractivity contribution < 1.29 is 28.9 Å². The van der Waals surface area contributed by atoms with Crippen molar-refractivity contribution in [1.29, 1.82) is 0 Å². The Morgan fingerprint density at radius 2 is 1.42 bits per heavy atom. The number of benzene rings is 3. The van der Waals surface area contributed by atoms with Crippen LogP contribution in [0.4, 0.5) is 22.7 Å². The topological polar surface area (TPSA) is 154 Å². The first-order chi connectivity index (χ1) is 25.1. The smallest absolute Gasteiger partial charge is 0.310 e. The molecular formula is C41H48N4O8. The number of allylic oxidation sites excluding steroid dienone is 6. The number of nitrogens with zero attached hydrogens (tertiary/aromatic N) is 3. The summed E-state index contributed by atoms with van der Waals surface area (Å²) in [5.74, 6) is -0.577. The Labute approximate surface area is 310 Å². The lowest BCUT2D eigenvalue weighted by atomic mass is 9.79. The highest BCUT2D eigenvalue weighted by Gasteiger charge is 2.38. The number of rotatable bonds is 16. The van der Waals surface area contributed by atoms with Crippen LogP contribution in [0.1, 0.15) is 75.8 Å². The van der Waals surface area contributed by atoms with Gasteiger partial charge in [-0.25, -0.2) is 0 Å². The van der Waals surface area contributed by atoms with Gasteiger partial charge in [-0.1, -0.05) is 76.3 Å². The second-order valence-corrected chi connectivity index (χ2v) is 14.1. The lowest BCUT2D eigenvalue weighted by Gasteiger charge is -2.28. The number of likely N-dealkylation sites (N-methyl/N-ethyl adjacent to an activating group) is 1. The maximum Gasteiger partial charge on any atom is 0.310 e. The highest BCUT2D eigenvalue weighted by Crippen LogP contribution is 2.47. The van der Waals surface area contributed by atoms with E-state index >= 15 is 0 Å². The maximum atomic E-state index is 12.3. The van der Waals surface area contributed by atoms with Crippen LogP contribution in [0.5, 0.6) is 0 Å². The summed E-state index contributed by atoms with van der Waals surface area (Å²) in [5, 5.41) is 26.2. The Balaban J connectivity index is 1.53. The molecule has 0 fully saturated rings. The number of anilines is 2. The second-order valence-electron chi connectivity index (χ2n) is 14.1. The van der Waals surface area contributed by atoms with E-state index in [-0.39, 0.29) is 54.7 Å². The molecule has 3 aromatic carbocycles. The summed E-state index contributed by atoms with van der Waals surface area (Å²) < 4.78 is 10.3. The van der Waals surface area contributed by atoms with Crippen LogP contribution < -0.4 is 10.2 Å². The second kappa shape index (κ2) is 17.2. The summed E-state index contributed by atoms with van der Waals surface area (Å²) in [6.45, 7) is 12.8. The molecule has 1 N–H and O–H groups in total. The molecule has 0 spiro atoms. The van der Waals surface area contributed by atoms with E-state index in [1.807, 2.05) is 49.5 Å². The van der Waals surface area contributed by atoms with Crippen molar-refractivity contribution in [2.45, 2.75) is 78.2 Å². The molecule has 3 aromatic rings. The number of nitrogens with one attached hydrogen (secondary N) is 1. The van der Waals surface area contributed by atoms with Crippen LogP contribution in [0.15, 0.2) is 90.7 Å². The Morgan fingerprint density at radius 3 is 2.00 bits per heavy atom. The van der Waals surface area contributed by atoms with E-state index in [2.05, 4.69) is 62.2 Å². The van der Waals surface area contributed by atoms with Gasteiger partial charge in [-0.05, 0) is 71.7 Å². The number of hydrogen-bond acceptors (Lipinski definition) is 10. The fourth-order valence-corrected chi connectivity index (χ4v) is 6.59. The molecule has 12 heteroatoms. The van der Waals surface area contributed by atoms with Crippen LogP contribution in [0, 0.1) is 20.2 Å². The molecule has 12 nitrogen and oxygen atoms in total. The maximum absolute atomic E-state index is 12.3. The zero-order chi connectivity index (χ0) is 38.9. The van der Waals surface area contributed by atoms with Crippen LogP contribution in [0.2, 0.25) is 0 Å². The van der Waals surface area contributed by atoms with E-state index in [9.17, 15) is 29.8 Å². The van der Waals surface area contributed by atoms with Crippen molar-refractivity contribution in [2.75, 3.05) is 30.5 Å². The first kappa shape index (κ1) is 40.0. The zero-order valence-electron chi connectivity index (χ0n) is 31.4. The molecule has 1 heterocycles. The molecule has 0 aliphatic carbocycles. The van der Waals surface area contributed by atoms with Crippen molar-refractivity contribution >= 4 is 34.7 Å². The van der Waals surface area contributed by atoms with Gasteiger partial charge in [-0.15, -0.1) is 0 Å². The van der Waals surface area contributed by atoms with Gasteiger partial charge in [0.1, 0.15) is 0 Å². The highest BCUT2D eigenvalue weighted by molar-refractivity contribution is 5.76. The van der Waals surface area contributed by atoms with E-state index in [0.717, 1.165) is 45.4 Å². The van der Waals surface area contributed by atoms with Crippen LogP contribution in [-0.4, -0.2) is 42.0 Å². The minimum Gasteiger partial charge on any atom is -0.466 e. The van der Waals surface area contributed by atoms with E-state index in [1.165, 1.54) is 12.1 Å². The quantitative estimate of drug-likeness (QED) is 0.0659. The average molecular weight is 725 g/mol. The van der Waals surface area contributed by atoms with Gasteiger partial charge in [-0.2, -0.15) is 0 Å². The van der Waals surface area contributed by atoms with Gasteiger partial charge in [0.25, 0.3) is 11.4 Å². The largest absolute Gasteiger partial charge is 0.466 e. The SMILES string of the molecule is CCOC(=O)Cc1ccc(NCc2cc([N+](=O)[O-])cc([N+](=O)[O-])c2)c(C(C)(C)C/C=C/C=C/C=C2/N(C)c3ccc(CC(=O)OCC)cc3C2(C)C)c1. The molecule has 0 saturated carbocycles.